The van der Waals surface area contributed by atoms with E-state index in [1.807, 2.05) is 4.57 Å². The summed E-state index contributed by atoms with van der Waals surface area (Å²) in [5, 5.41) is 8.77. The van der Waals surface area contributed by atoms with Crippen molar-refractivity contribution in [1.82, 2.24) is 14.8 Å². The molecule has 0 bridgehead atoms. The Bertz CT molecular complexity index is 351. The van der Waals surface area contributed by atoms with Crippen LogP contribution in [0.2, 0.25) is 0 Å². The highest BCUT2D eigenvalue weighted by Gasteiger charge is 2.11. The van der Waals surface area contributed by atoms with Crippen molar-refractivity contribution in [3.8, 4) is 12.3 Å². The number of nitrogen functional groups attached to an aromatic ring is 1. The van der Waals surface area contributed by atoms with Gasteiger partial charge in [-0.2, -0.15) is 0 Å². The predicted octanol–water partition coefficient (Wildman–Crippen LogP) is 1.95. The molecule has 4 nitrogen and oxygen atoms in total. The van der Waals surface area contributed by atoms with E-state index in [1.165, 1.54) is 0 Å². The molecule has 0 saturated carbocycles. The quantitative estimate of drug-likeness (QED) is 0.472. The van der Waals surface area contributed by atoms with Crippen LogP contribution >= 0.6 is 11.8 Å². The number of hydrogen-bond acceptors (Lipinski definition) is 4. The highest BCUT2D eigenvalue weighted by atomic mass is 32.2. The second-order valence-corrected chi connectivity index (χ2v) is 4.52. The third-order valence-corrected chi connectivity index (χ3v) is 2.93. The van der Waals surface area contributed by atoms with Gasteiger partial charge in [0, 0.05) is 18.2 Å². The van der Waals surface area contributed by atoms with Gasteiger partial charge in [-0.1, -0.05) is 11.8 Å². The van der Waals surface area contributed by atoms with Gasteiger partial charge in [0.1, 0.15) is 0 Å². The van der Waals surface area contributed by atoms with Crippen molar-refractivity contribution in [3.63, 3.8) is 0 Å². The summed E-state index contributed by atoms with van der Waals surface area (Å²) in [7, 11) is 0. The molecule has 1 heterocycles. The van der Waals surface area contributed by atoms with E-state index in [2.05, 4.69) is 30.0 Å². The van der Waals surface area contributed by atoms with Crippen molar-refractivity contribution in [2.75, 3.05) is 11.5 Å². The molecule has 0 spiro atoms. The number of nitrogens with zero attached hydrogens (tertiary/aromatic N) is 3. The minimum absolute atomic E-state index is 0.287. The lowest BCUT2D eigenvalue weighted by molar-refractivity contribution is 0.557. The first-order valence-electron chi connectivity index (χ1n) is 4.93. The Kier molecular flexibility index (Phi) is 4.50. The van der Waals surface area contributed by atoms with Gasteiger partial charge in [-0.25, -0.2) is 0 Å². The van der Waals surface area contributed by atoms with Gasteiger partial charge in [-0.05, 0) is 20.3 Å². The third-order valence-electron chi connectivity index (χ3n) is 1.90. The first kappa shape index (κ1) is 11.9. The molecule has 82 valence electrons. The van der Waals surface area contributed by atoms with Crippen LogP contribution in [-0.4, -0.2) is 20.5 Å². The van der Waals surface area contributed by atoms with Crippen molar-refractivity contribution in [3.05, 3.63) is 0 Å². The van der Waals surface area contributed by atoms with Crippen molar-refractivity contribution in [2.45, 2.75) is 37.9 Å². The summed E-state index contributed by atoms with van der Waals surface area (Å²) in [4.78, 5) is 0. The summed E-state index contributed by atoms with van der Waals surface area (Å²) >= 11 is 1.65. The van der Waals surface area contributed by atoms with Gasteiger partial charge >= 0.3 is 0 Å². The van der Waals surface area contributed by atoms with Gasteiger partial charge in [0.15, 0.2) is 5.16 Å². The van der Waals surface area contributed by atoms with Crippen molar-refractivity contribution in [1.29, 1.82) is 0 Å². The Morgan fingerprint density at radius 3 is 2.87 bits per heavy atom. The van der Waals surface area contributed by atoms with Crippen LogP contribution in [0.4, 0.5) is 5.95 Å². The van der Waals surface area contributed by atoms with E-state index < -0.39 is 0 Å². The molecule has 15 heavy (non-hydrogen) atoms. The van der Waals surface area contributed by atoms with Gasteiger partial charge in [0.05, 0.1) is 0 Å². The van der Waals surface area contributed by atoms with E-state index >= 15 is 0 Å². The van der Waals surface area contributed by atoms with Gasteiger partial charge in [-0.15, -0.1) is 22.5 Å². The molecule has 0 aromatic carbocycles. The van der Waals surface area contributed by atoms with Gasteiger partial charge < -0.3 is 5.73 Å². The molecule has 1 rings (SSSR count). The maximum atomic E-state index is 5.72. The van der Waals surface area contributed by atoms with E-state index in [4.69, 9.17) is 12.2 Å². The highest BCUT2D eigenvalue weighted by molar-refractivity contribution is 7.99. The van der Waals surface area contributed by atoms with Crippen LogP contribution in [0.3, 0.4) is 0 Å². The zero-order valence-corrected chi connectivity index (χ0v) is 9.92. The molecular formula is C10H16N4S. The number of aromatic nitrogens is 3. The third kappa shape index (κ3) is 3.17. The Balaban J connectivity index is 2.58. The normalized spacial score (nSPS) is 10.5. The maximum absolute atomic E-state index is 5.72. The van der Waals surface area contributed by atoms with Gasteiger partial charge in [0.25, 0.3) is 0 Å². The number of hydrogen-bond donors (Lipinski definition) is 1. The van der Waals surface area contributed by atoms with Crippen molar-refractivity contribution in [2.24, 2.45) is 0 Å². The molecular weight excluding hydrogens is 208 g/mol. The Hall–Kier alpha value is -1.15. The average molecular weight is 224 g/mol. The fourth-order valence-corrected chi connectivity index (χ4v) is 2.22. The van der Waals surface area contributed by atoms with Crippen LogP contribution in [0.5, 0.6) is 0 Å². The fraction of sp³-hybridized carbons (Fsp3) is 0.600. The highest BCUT2D eigenvalue weighted by Crippen LogP contribution is 2.23. The second kappa shape index (κ2) is 5.66. The first-order chi connectivity index (χ1) is 7.16. The van der Waals surface area contributed by atoms with Crippen molar-refractivity contribution < 1.29 is 0 Å². The van der Waals surface area contributed by atoms with E-state index in [1.54, 1.807) is 11.8 Å². The lowest BCUT2D eigenvalue weighted by Gasteiger charge is -2.10. The number of anilines is 1. The van der Waals surface area contributed by atoms with Gasteiger partial charge in [-0.3, -0.25) is 4.57 Å². The summed E-state index contributed by atoms with van der Waals surface area (Å²) in [6.45, 7) is 4.12. The molecule has 0 aliphatic rings. The minimum Gasteiger partial charge on any atom is -0.368 e. The minimum atomic E-state index is 0.287. The summed E-state index contributed by atoms with van der Waals surface area (Å²) in [6, 6.07) is 0.287. The predicted molar refractivity (Wildman–Crippen MR) is 63.6 cm³/mol. The van der Waals surface area contributed by atoms with Crippen LogP contribution in [0.1, 0.15) is 32.7 Å². The topological polar surface area (TPSA) is 56.7 Å². The molecule has 2 N–H and O–H groups in total. The van der Waals surface area contributed by atoms with Crippen molar-refractivity contribution >= 4 is 17.7 Å². The Morgan fingerprint density at radius 2 is 2.27 bits per heavy atom. The lowest BCUT2D eigenvalue weighted by Crippen LogP contribution is -2.07. The zero-order valence-electron chi connectivity index (χ0n) is 9.10. The Morgan fingerprint density at radius 1 is 1.53 bits per heavy atom. The second-order valence-electron chi connectivity index (χ2n) is 3.46. The molecule has 0 amide bonds. The summed E-state index contributed by atoms with van der Waals surface area (Å²) in [6.07, 6.45) is 6.97. The molecule has 0 saturated heterocycles. The summed E-state index contributed by atoms with van der Waals surface area (Å²) in [5.41, 5.74) is 5.72. The van der Waals surface area contributed by atoms with Crippen LogP contribution in [0.25, 0.3) is 0 Å². The van der Waals surface area contributed by atoms with E-state index in [-0.39, 0.29) is 6.04 Å². The molecule has 1 aromatic heterocycles. The smallest absolute Gasteiger partial charge is 0.222 e. The van der Waals surface area contributed by atoms with E-state index in [0.717, 1.165) is 23.8 Å². The standard InChI is InChI=1S/C10H16N4S/c1-4-5-6-7-15-10-13-12-9(11)14(10)8(2)3/h1,8H,5-7H2,2-3H3,(H2,11,12). The van der Waals surface area contributed by atoms with E-state index in [9.17, 15) is 0 Å². The largest absolute Gasteiger partial charge is 0.368 e. The number of thioether (sulfide) groups is 1. The molecule has 0 atom stereocenters. The zero-order chi connectivity index (χ0) is 11.3. The Labute approximate surface area is 94.6 Å². The van der Waals surface area contributed by atoms with Crippen LogP contribution < -0.4 is 5.73 Å². The number of rotatable bonds is 5. The number of terminal acetylenes is 1. The molecule has 0 aliphatic heterocycles. The first-order valence-corrected chi connectivity index (χ1v) is 5.92. The number of nitrogens with two attached hydrogens (primary N) is 1. The summed E-state index contributed by atoms with van der Waals surface area (Å²) in [5.74, 6) is 4.05. The van der Waals surface area contributed by atoms with Crippen LogP contribution in [0, 0.1) is 12.3 Å². The molecule has 1 aromatic rings. The fourth-order valence-electron chi connectivity index (χ4n) is 1.21. The lowest BCUT2D eigenvalue weighted by atomic mass is 10.4. The number of unbranched alkanes of at least 4 members (excludes halogenated alkanes) is 1. The monoisotopic (exact) mass is 224 g/mol. The van der Waals surface area contributed by atoms with Gasteiger partial charge in [0.2, 0.25) is 5.95 Å². The molecule has 5 heteroatoms. The molecule has 0 unspecified atom stereocenters. The maximum Gasteiger partial charge on any atom is 0.222 e. The van der Waals surface area contributed by atoms with Crippen LogP contribution in [0.15, 0.2) is 5.16 Å². The molecule has 0 fully saturated rings. The van der Waals surface area contributed by atoms with E-state index in [0.29, 0.717) is 5.95 Å². The van der Waals surface area contributed by atoms with Crippen LogP contribution in [-0.2, 0) is 0 Å². The molecule has 0 radical (unpaired) electrons. The summed E-state index contributed by atoms with van der Waals surface area (Å²) < 4.78 is 1.93. The average Bonchev–Trinajstić information content (AvgIpc) is 2.54. The molecule has 0 aliphatic carbocycles. The SMILES string of the molecule is C#CCCCSc1nnc(N)n1C(C)C.